The quantitative estimate of drug-likeness (QED) is 0.722. The molecule has 0 bridgehead atoms. The first-order chi connectivity index (χ1) is 13.3. The molecule has 3 N–H and O–H groups in total. The van der Waals surface area contributed by atoms with Crippen LogP contribution in [-0.4, -0.2) is 54.3 Å². The smallest absolute Gasteiger partial charge is 0.167 e. The Morgan fingerprint density at radius 2 is 1.93 bits per heavy atom. The van der Waals surface area contributed by atoms with Crippen molar-refractivity contribution in [1.29, 1.82) is 0 Å². The van der Waals surface area contributed by atoms with Crippen molar-refractivity contribution < 1.29 is 14.4 Å². The number of aromatic nitrogens is 1. The summed E-state index contributed by atoms with van der Waals surface area (Å²) < 4.78 is 11.7. The molecule has 27 heavy (non-hydrogen) atoms. The molecule has 2 aromatic rings. The van der Waals surface area contributed by atoms with E-state index in [9.17, 15) is 5.11 Å². The monoisotopic (exact) mass is 371 g/mol. The molecule has 146 valence electrons. The van der Waals surface area contributed by atoms with Crippen molar-refractivity contribution >= 4 is 0 Å². The third-order valence-electron chi connectivity index (χ3n) is 5.58. The predicted octanol–water partition coefficient (Wildman–Crippen LogP) is 2.13. The van der Waals surface area contributed by atoms with E-state index in [0.29, 0.717) is 19.0 Å². The number of hydrogen-bond donors (Lipinski definition) is 3. The lowest BCUT2D eigenvalue weighted by molar-refractivity contribution is -0.115. The summed E-state index contributed by atoms with van der Waals surface area (Å²) in [6, 6.07) is 12.5. The molecule has 0 spiro atoms. The van der Waals surface area contributed by atoms with E-state index >= 15 is 0 Å². The third kappa shape index (κ3) is 4.96. The van der Waals surface area contributed by atoms with Crippen molar-refractivity contribution in [2.75, 3.05) is 19.6 Å². The highest BCUT2D eigenvalue weighted by Gasteiger charge is 2.31. The van der Waals surface area contributed by atoms with E-state index in [0.717, 1.165) is 55.8 Å². The minimum Gasteiger partial charge on any atom is -0.390 e. The van der Waals surface area contributed by atoms with Gasteiger partial charge in [-0.3, -0.25) is 0 Å². The summed E-state index contributed by atoms with van der Waals surface area (Å²) in [4.78, 5) is 0. The molecule has 1 aromatic heterocycles. The molecule has 6 nitrogen and oxygen atoms in total. The zero-order chi connectivity index (χ0) is 18.5. The third-order valence-corrected chi connectivity index (χ3v) is 5.58. The highest BCUT2D eigenvalue weighted by molar-refractivity contribution is 5.56. The van der Waals surface area contributed by atoms with Gasteiger partial charge in [-0.1, -0.05) is 35.5 Å². The van der Waals surface area contributed by atoms with Gasteiger partial charge in [0.05, 0.1) is 24.0 Å². The van der Waals surface area contributed by atoms with Gasteiger partial charge in [0, 0.05) is 30.6 Å². The molecule has 0 amide bonds. The normalized spacial score (nSPS) is 26.9. The Bertz CT molecular complexity index is 700. The Morgan fingerprint density at radius 1 is 1.11 bits per heavy atom. The Labute approximate surface area is 160 Å². The van der Waals surface area contributed by atoms with Crippen molar-refractivity contribution in [3.8, 4) is 11.3 Å². The first-order valence-electron chi connectivity index (χ1n) is 10.1. The zero-order valence-electron chi connectivity index (χ0n) is 15.6. The van der Waals surface area contributed by atoms with E-state index in [2.05, 4.69) is 15.8 Å². The van der Waals surface area contributed by atoms with Crippen LogP contribution in [0.2, 0.25) is 0 Å². The lowest BCUT2D eigenvalue weighted by atomic mass is 9.97. The van der Waals surface area contributed by atoms with Crippen LogP contribution in [0.4, 0.5) is 0 Å². The Hall–Kier alpha value is -1.73. The standard InChI is InChI=1S/C21H29N3O3/c25-19-7-6-18(26-21(19)14-23-16-8-10-22-11-9-16)12-17-13-20(27-24-17)15-4-2-1-3-5-15/h1-5,13,16,18-19,21-23,25H,6-12,14H2. The van der Waals surface area contributed by atoms with Gasteiger partial charge < -0.3 is 25.0 Å². The van der Waals surface area contributed by atoms with Crippen molar-refractivity contribution in [2.24, 2.45) is 0 Å². The van der Waals surface area contributed by atoms with Gasteiger partial charge in [-0.05, 0) is 38.8 Å². The summed E-state index contributed by atoms with van der Waals surface area (Å²) in [5, 5.41) is 21.5. The highest BCUT2D eigenvalue weighted by atomic mass is 16.5. The number of piperidine rings is 1. The predicted molar refractivity (Wildman–Crippen MR) is 103 cm³/mol. The average molecular weight is 371 g/mol. The second kappa shape index (κ2) is 8.97. The average Bonchev–Trinajstić information content (AvgIpc) is 3.18. The van der Waals surface area contributed by atoms with Gasteiger partial charge in [0.15, 0.2) is 5.76 Å². The summed E-state index contributed by atoms with van der Waals surface area (Å²) in [7, 11) is 0. The molecule has 2 saturated heterocycles. The van der Waals surface area contributed by atoms with Gasteiger partial charge in [-0.25, -0.2) is 0 Å². The van der Waals surface area contributed by atoms with Gasteiger partial charge in [0.25, 0.3) is 0 Å². The molecule has 1 aromatic carbocycles. The fourth-order valence-corrected chi connectivity index (χ4v) is 3.97. The van der Waals surface area contributed by atoms with Crippen LogP contribution in [0.5, 0.6) is 0 Å². The number of hydrogen-bond acceptors (Lipinski definition) is 6. The highest BCUT2D eigenvalue weighted by Crippen LogP contribution is 2.25. The number of aliphatic hydroxyl groups excluding tert-OH is 1. The molecule has 0 radical (unpaired) electrons. The van der Waals surface area contributed by atoms with E-state index in [-0.39, 0.29) is 12.2 Å². The van der Waals surface area contributed by atoms with E-state index in [4.69, 9.17) is 9.26 Å². The summed E-state index contributed by atoms with van der Waals surface area (Å²) in [6.45, 7) is 2.82. The second-order valence-corrected chi connectivity index (χ2v) is 7.63. The van der Waals surface area contributed by atoms with Crippen LogP contribution in [0.15, 0.2) is 40.9 Å². The summed E-state index contributed by atoms with van der Waals surface area (Å²) in [6.07, 6.45) is 4.12. The molecule has 2 fully saturated rings. The molecule has 3 atom stereocenters. The summed E-state index contributed by atoms with van der Waals surface area (Å²) in [5.74, 6) is 0.783. The molecule has 3 heterocycles. The van der Waals surface area contributed by atoms with Crippen LogP contribution < -0.4 is 10.6 Å². The molecule has 0 saturated carbocycles. The largest absolute Gasteiger partial charge is 0.390 e. The number of rotatable bonds is 6. The van der Waals surface area contributed by atoms with Crippen molar-refractivity contribution in [1.82, 2.24) is 15.8 Å². The minimum atomic E-state index is -0.396. The summed E-state index contributed by atoms with van der Waals surface area (Å²) in [5.41, 5.74) is 1.93. The molecule has 3 unspecified atom stereocenters. The van der Waals surface area contributed by atoms with Crippen molar-refractivity contribution in [3.63, 3.8) is 0 Å². The number of nitrogens with zero attached hydrogens (tertiary/aromatic N) is 1. The minimum absolute atomic E-state index is 0.0712. The number of aliphatic hydroxyl groups is 1. The van der Waals surface area contributed by atoms with E-state index in [1.165, 1.54) is 0 Å². The molecule has 2 aliphatic heterocycles. The molecule has 0 aliphatic carbocycles. The molecule has 4 rings (SSSR count). The zero-order valence-corrected chi connectivity index (χ0v) is 15.6. The van der Waals surface area contributed by atoms with Gasteiger partial charge >= 0.3 is 0 Å². The van der Waals surface area contributed by atoms with Crippen LogP contribution in [0, 0.1) is 0 Å². The fraction of sp³-hybridized carbons (Fsp3) is 0.571. The van der Waals surface area contributed by atoms with Crippen LogP contribution >= 0.6 is 0 Å². The summed E-state index contributed by atoms with van der Waals surface area (Å²) >= 11 is 0. The Balaban J connectivity index is 1.31. The fourth-order valence-electron chi connectivity index (χ4n) is 3.97. The maximum absolute atomic E-state index is 10.3. The SMILES string of the molecule is OC1CCC(Cc2cc(-c3ccccc3)on2)OC1CNC1CCNCC1. The van der Waals surface area contributed by atoms with Gasteiger partial charge in [0.1, 0.15) is 0 Å². The Kier molecular flexibility index (Phi) is 6.19. The van der Waals surface area contributed by atoms with Crippen LogP contribution in [0.1, 0.15) is 31.4 Å². The molecular weight excluding hydrogens is 342 g/mol. The van der Waals surface area contributed by atoms with Crippen LogP contribution in [-0.2, 0) is 11.2 Å². The maximum Gasteiger partial charge on any atom is 0.167 e. The second-order valence-electron chi connectivity index (χ2n) is 7.63. The van der Waals surface area contributed by atoms with Gasteiger partial charge in [0.2, 0.25) is 0 Å². The van der Waals surface area contributed by atoms with Gasteiger partial charge in [-0.2, -0.15) is 0 Å². The van der Waals surface area contributed by atoms with E-state index in [1.807, 2.05) is 36.4 Å². The van der Waals surface area contributed by atoms with Crippen LogP contribution in [0.25, 0.3) is 11.3 Å². The first-order valence-corrected chi connectivity index (χ1v) is 10.1. The first kappa shape index (κ1) is 18.6. The van der Waals surface area contributed by atoms with E-state index in [1.54, 1.807) is 0 Å². The topological polar surface area (TPSA) is 79.6 Å². The Morgan fingerprint density at radius 3 is 2.74 bits per heavy atom. The van der Waals surface area contributed by atoms with Crippen molar-refractivity contribution in [2.45, 2.75) is 56.5 Å². The number of nitrogens with one attached hydrogen (secondary N) is 2. The maximum atomic E-state index is 10.3. The number of ether oxygens (including phenoxy) is 1. The number of benzene rings is 1. The molecule has 6 heteroatoms. The van der Waals surface area contributed by atoms with E-state index < -0.39 is 6.10 Å². The molecule has 2 aliphatic rings. The molecular formula is C21H29N3O3. The lowest BCUT2D eigenvalue weighted by Crippen LogP contribution is -2.49. The van der Waals surface area contributed by atoms with Crippen molar-refractivity contribution in [3.05, 3.63) is 42.1 Å². The lowest BCUT2D eigenvalue weighted by Gasteiger charge is -2.35. The van der Waals surface area contributed by atoms with Crippen LogP contribution in [0.3, 0.4) is 0 Å². The van der Waals surface area contributed by atoms with Gasteiger partial charge in [-0.15, -0.1) is 0 Å².